The van der Waals surface area contributed by atoms with E-state index in [1.54, 1.807) is 13.2 Å². The Morgan fingerprint density at radius 2 is 2.08 bits per heavy atom. The van der Waals surface area contributed by atoms with Crippen molar-refractivity contribution in [3.63, 3.8) is 0 Å². The van der Waals surface area contributed by atoms with Gasteiger partial charge in [-0.3, -0.25) is 10.1 Å². The Morgan fingerprint density at radius 1 is 1.25 bits per heavy atom. The Kier molecular flexibility index (Phi) is 5.37. The molecule has 1 heterocycles. The van der Waals surface area contributed by atoms with Crippen LogP contribution in [0.4, 0.5) is 5.13 Å². The van der Waals surface area contributed by atoms with E-state index in [1.165, 1.54) is 11.3 Å². The van der Waals surface area contributed by atoms with E-state index in [-0.39, 0.29) is 12.5 Å². The Labute approximate surface area is 159 Å². The monoisotopic (exact) mass is 470 g/mol. The van der Waals surface area contributed by atoms with Crippen molar-refractivity contribution >= 4 is 64.5 Å². The van der Waals surface area contributed by atoms with Gasteiger partial charge in [0.25, 0.3) is 5.91 Å². The van der Waals surface area contributed by atoms with Crippen LogP contribution in [-0.4, -0.2) is 24.6 Å². The molecule has 0 aliphatic carbocycles. The Bertz CT molecular complexity index is 898. The van der Waals surface area contributed by atoms with E-state index in [9.17, 15) is 4.79 Å². The minimum Gasteiger partial charge on any atom is -0.494 e. The second kappa shape index (κ2) is 7.50. The average molecular weight is 472 g/mol. The van der Waals surface area contributed by atoms with Gasteiger partial charge in [-0.2, -0.15) is 0 Å². The quantitative estimate of drug-likeness (QED) is 0.577. The number of carbonyl (C=O) groups is 1. The highest BCUT2D eigenvalue weighted by Crippen LogP contribution is 2.32. The topological polar surface area (TPSA) is 60.5 Å². The summed E-state index contributed by atoms with van der Waals surface area (Å²) in [7, 11) is 1.59. The molecule has 0 saturated carbocycles. The zero-order chi connectivity index (χ0) is 17.1. The summed E-state index contributed by atoms with van der Waals surface area (Å²) in [5.41, 5.74) is 0.733. The normalized spacial score (nSPS) is 10.6. The highest BCUT2D eigenvalue weighted by molar-refractivity contribution is 9.11. The zero-order valence-electron chi connectivity index (χ0n) is 12.5. The molecule has 1 amide bonds. The molecule has 2 aromatic carbocycles. The van der Waals surface area contributed by atoms with E-state index in [4.69, 9.17) is 9.47 Å². The number of thiazole rings is 1. The molecule has 0 radical (unpaired) electrons. The van der Waals surface area contributed by atoms with E-state index < -0.39 is 0 Å². The number of benzene rings is 2. The largest absolute Gasteiger partial charge is 0.494 e. The first-order valence-corrected chi connectivity index (χ1v) is 9.28. The van der Waals surface area contributed by atoms with Crippen molar-refractivity contribution in [2.75, 3.05) is 19.0 Å². The van der Waals surface area contributed by atoms with Crippen LogP contribution < -0.4 is 14.8 Å². The molecule has 0 unspecified atom stereocenters. The van der Waals surface area contributed by atoms with Crippen LogP contribution in [0.15, 0.2) is 45.3 Å². The summed E-state index contributed by atoms with van der Waals surface area (Å²) in [6, 6.07) is 11.1. The van der Waals surface area contributed by atoms with E-state index in [1.807, 2.05) is 30.3 Å². The van der Waals surface area contributed by atoms with Gasteiger partial charge < -0.3 is 9.47 Å². The summed E-state index contributed by atoms with van der Waals surface area (Å²) in [5, 5.41) is 3.26. The minimum atomic E-state index is -0.275. The van der Waals surface area contributed by atoms with Crippen molar-refractivity contribution in [1.82, 2.24) is 4.98 Å². The lowest BCUT2D eigenvalue weighted by Crippen LogP contribution is -2.20. The molecule has 5 nitrogen and oxygen atoms in total. The number of carbonyl (C=O) groups excluding carboxylic acids is 1. The molecule has 24 heavy (non-hydrogen) atoms. The fourth-order valence-electron chi connectivity index (χ4n) is 2.03. The summed E-state index contributed by atoms with van der Waals surface area (Å²) < 4.78 is 13.4. The van der Waals surface area contributed by atoms with Gasteiger partial charge in [0.2, 0.25) is 0 Å². The van der Waals surface area contributed by atoms with Crippen molar-refractivity contribution in [2.24, 2.45) is 0 Å². The molecule has 1 N–H and O–H groups in total. The van der Waals surface area contributed by atoms with Crippen LogP contribution in [0, 0.1) is 0 Å². The van der Waals surface area contributed by atoms with E-state index in [0.29, 0.717) is 16.6 Å². The molecule has 3 aromatic rings. The number of fused-ring (bicyclic) bond motifs is 1. The van der Waals surface area contributed by atoms with Gasteiger partial charge in [-0.1, -0.05) is 33.3 Å². The SMILES string of the molecule is COc1cccc2sc(NC(=O)COc3ccc(Br)cc3Br)nc12. The number of para-hydroxylation sites is 1. The van der Waals surface area contributed by atoms with Gasteiger partial charge >= 0.3 is 0 Å². The Balaban J connectivity index is 1.66. The number of rotatable bonds is 5. The number of nitrogens with one attached hydrogen (secondary N) is 1. The lowest BCUT2D eigenvalue weighted by atomic mass is 10.3. The van der Waals surface area contributed by atoms with Crippen molar-refractivity contribution < 1.29 is 14.3 Å². The molecule has 3 rings (SSSR count). The molecule has 0 fully saturated rings. The van der Waals surface area contributed by atoms with Crippen molar-refractivity contribution in [1.29, 1.82) is 0 Å². The summed E-state index contributed by atoms with van der Waals surface area (Å²) in [5.74, 6) is 1.00. The Hall–Kier alpha value is -1.64. The first-order chi connectivity index (χ1) is 11.6. The third-order valence-corrected chi connectivity index (χ3v) is 5.15. The van der Waals surface area contributed by atoms with Gasteiger partial charge in [-0.05, 0) is 46.3 Å². The first-order valence-electron chi connectivity index (χ1n) is 6.88. The average Bonchev–Trinajstić information content (AvgIpc) is 2.96. The third kappa shape index (κ3) is 3.88. The fraction of sp³-hybridized carbons (Fsp3) is 0.125. The molecule has 0 aliphatic heterocycles. The molecule has 8 heteroatoms. The maximum Gasteiger partial charge on any atom is 0.264 e. The fourth-order valence-corrected chi connectivity index (χ4v) is 4.09. The van der Waals surface area contributed by atoms with Crippen molar-refractivity contribution in [3.05, 3.63) is 45.3 Å². The number of ether oxygens (including phenoxy) is 2. The molecule has 0 atom stereocenters. The predicted octanol–water partition coefficient (Wildman–Crippen LogP) is 4.85. The van der Waals surface area contributed by atoms with Gasteiger partial charge in [-0.15, -0.1) is 0 Å². The molecule has 0 saturated heterocycles. The van der Waals surface area contributed by atoms with Crippen LogP contribution >= 0.6 is 43.2 Å². The molecular weight excluding hydrogens is 460 g/mol. The number of hydrogen-bond acceptors (Lipinski definition) is 5. The van der Waals surface area contributed by atoms with E-state index in [2.05, 4.69) is 42.2 Å². The summed E-state index contributed by atoms with van der Waals surface area (Å²) >= 11 is 8.15. The lowest BCUT2D eigenvalue weighted by molar-refractivity contribution is -0.118. The van der Waals surface area contributed by atoms with Crippen LogP contribution in [-0.2, 0) is 4.79 Å². The number of nitrogens with zero attached hydrogens (tertiary/aromatic N) is 1. The van der Waals surface area contributed by atoms with Gasteiger partial charge in [0.1, 0.15) is 17.0 Å². The maximum absolute atomic E-state index is 12.1. The molecule has 0 bridgehead atoms. The predicted molar refractivity (Wildman–Crippen MR) is 102 cm³/mol. The van der Waals surface area contributed by atoms with Crippen LogP contribution in [0.5, 0.6) is 11.5 Å². The van der Waals surface area contributed by atoms with Crippen LogP contribution in [0.1, 0.15) is 0 Å². The standard InChI is InChI=1S/C16H12Br2N2O3S/c1-22-12-3-2-4-13-15(12)20-16(24-13)19-14(21)8-23-11-6-5-9(17)7-10(11)18/h2-7H,8H2,1H3,(H,19,20,21). The molecule has 1 aromatic heterocycles. The number of hydrogen-bond donors (Lipinski definition) is 1. The number of amides is 1. The highest BCUT2D eigenvalue weighted by atomic mass is 79.9. The van der Waals surface area contributed by atoms with Gasteiger partial charge in [0, 0.05) is 4.47 Å². The van der Waals surface area contributed by atoms with E-state index in [0.717, 1.165) is 19.2 Å². The van der Waals surface area contributed by atoms with Crippen LogP contribution in [0.25, 0.3) is 10.2 Å². The van der Waals surface area contributed by atoms with Crippen LogP contribution in [0.2, 0.25) is 0 Å². The molecule has 124 valence electrons. The third-order valence-electron chi connectivity index (χ3n) is 3.10. The zero-order valence-corrected chi connectivity index (χ0v) is 16.5. The second-order valence-corrected chi connectivity index (χ2v) is 7.54. The lowest BCUT2D eigenvalue weighted by Gasteiger charge is -2.07. The molecular formula is C16H12Br2N2O3S. The van der Waals surface area contributed by atoms with Gasteiger partial charge in [-0.25, -0.2) is 4.98 Å². The first kappa shape index (κ1) is 17.2. The Morgan fingerprint density at radius 3 is 2.83 bits per heavy atom. The summed E-state index contributed by atoms with van der Waals surface area (Å²) in [6.45, 7) is -0.104. The number of methoxy groups -OCH3 is 1. The highest BCUT2D eigenvalue weighted by Gasteiger charge is 2.12. The summed E-state index contributed by atoms with van der Waals surface area (Å²) in [6.07, 6.45) is 0. The summed E-state index contributed by atoms with van der Waals surface area (Å²) in [4.78, 5) is 16.5. The van der Waals surface area contributed by atoms with Gasteiger partial charge in [0.05, 0.1) is 16.3 Å². The number of anilines is 1. The van der Waals surface area contributed by atoms with Gasteiger partial charge in [0.15, 0.2) is 11.7 Å². The van der Waals surface area contributed by atoms with Crippen molar-refractivity contribution in [2.45, 2.75) is 0 Å². The van der Waals surface area contributed by atoms with E-state index >= 15 is 0 Å². The smallest absolute Gasteiger partial charge is 0.264 e. The molecule has 0 aliphatic rings. The second-order valence-electron chi connectivity index (χ2n) is 4.74. The number of halogens is 2. The maximum atomic E-state index is 12.1. The van der Waals surface area contributed by atoms with Crippen molar-refractivity contribution in [3.8, 4) is 11.5 Å². The minimum absolute atomic E-state index is 0.104. The number of aromatic nitrogens is 1. The molecule has 0 spiro atoms. The van der Waals surface area contributed by atoms with Crippen LogP contribution in [0.3, 0.4) is 0 Å².